The predicted octanol–water partition coefficient (Wildman–Crippen LogP) is 4.60. The molecule has 0 saturated carbocycles. The lowest BCUT2D eigenvalue weighted by atomic mass is 9.91. The molecular formula is C22H24ClN3OS. The Bertz CT molecular complexity index is 952. The summed E-state index contributed by atoms with van der Waals surface area (Å²) in [4.78, 5) is 3.37. The highest BCUT2D eigenvalue weighted by Crippen LogP contribution is 2.34. The number of halogens is 1. The molecule has 3 N–H and O–H groups in total. The van der Waals surface area contributed by atoms with Gasteiger partial charge in [0.05, 0.1) is 6.10 Å². The largest absolute Gasteiger partial charge is 0.376 e. The molecule has 0 spiro atoms. The van der Waals surface area contributed by atoms with Gasteiger partial charge in [-0.15, -0.1) is 0 Å². The molecule has 1 saturated heterocycles. The molecule has 0 aliphatic carbocycles. The number of nitrogens with one attached hydrogen (secondary N) is 3. The van der Waals surface area contributed by atoms with E-state index in [1.54, 1.807) is 0 Å². The van der Waals surface area contributed by atoms with Gasteiger partial charge in [-0.05, 0) is 48.3 Å². The van der Waals surface area contributed by atoms with E-state index >= 15 is 0 Å². The molecule has 0 unspecified atom stereocenters. The van der Waals surface area contributed by atoms with Crippen molar-refractivity contribution in [3.8, 4) is 0 Å². The van der Waals surface area contributed by atoms with E-state index in [0.29, 0.717) is 11.7 Å². The zero-order valence-corrected chi connectivity index (χ0v) is 17.2. The molecule has 2 heterocycles. The summed E-state index contributed by atoms with van der Waals surface area (Å²) in [5.74, 6) is 0.0762. The first-order valence-corrected chi connectivity index (χ1v) is 10.4. The number of thiocarbonyl (C=S) groups is 1. The number of hydrogen-bond acceptors (Lipinski definition) is 2. The molecular weight excluding hydrogens is 390 g/mol. The second-order valence-corrected chi connectivity index (χ2v) is 7.91. The van der Waals surface area contributed by atoms with Gasteiger partial charge in [0.1, 0.15) is 0 Å². The Kier molecular flexibility index (Phi) is 6.15. The minimum Gasteiger partial charge on any atom is -0.376 e. The third-order valence-corrected chi connectivity index (χ3v) is 5.89. The lowest BCUT2D eigenvalue weighted by Crippen LogP contribution is -2.41. The Morgan fingerprint density at radius 2 is 1.96 bits per heavy atom. The summed E-state index contributed by atoms with van der Waals surface area (Å²) in [5, 5.41) is 9.27. The molecule has 2 atom stereocenters. The van der Waals surface area contributed by atoms with Crippen molar-refractivity contribution in [2.45, 2.75) is 24.9 Å². The fraction of sp³-hybridized carbons (Fsp3) is 0.318. The maximum absolute atomic E-state index is 6.55. The number of ether oxygens (including phenoxy) is 1. The van der Waals surface area contributed by atoms with Crippen molar-refractivity contribution in [2.75, 3.05) is 19.7 Å². The lowest BCUT2D eigenvalue weighted by molar-refractivity contribution is 0.114. The van der Waals surface area contributed by atoms with Crippen LogP contribution >= 0.6 is 23.8 Å². The van der Waals surface area contributed by atoms with Gasteiger partial charge < -0.3 is 20.4 Å². The summed E-state index contributed by atoms with van der Waals surface area (Å²) in [5.41, 5.74) is 3.41. The molecule has 4 nitrogen and oxygen atoms in total. The molecule has 1 aliphatic rings. The molecule has 1 aromatic heterocycles. The molecule has 0 bridgehead atoms. The Balaban J connectivity index is 1.52. The molecule has 0 amide bonds. The summed E-state index contributed by atoms with van der Waals surface area (Å²) in [6, 6.07) is 16.3. The van der Waals surface area contributed by atoms with E-state index in [2.05, 4.69) is 46.1 Å². The molecule has 28 heavy (non-hydrogen) atoms. The van der Waals surface area contributed by atoms with Crippen molar-refractivity contribution in [1.82, 2.24) is 15.6 Å². The smallest absolute Gasteiger partial charge is 0.166 e. The molecule has 6 heteroatoms. The van der Waals surface area contributed by atoms with Crippen LogP contribution in [0.15, 0.2) is 54.7 Å². The highest BCUT2D eigenvalue weighted by Gasteiger charge is 2.21. The van der Waals surface area contributed by atoms with E-state index in [9.17, 15) is 0 Å². The van der Waals surface area contributed by atoms with Crippen LogP contribution in [-0.2, 0) is 4.74 Å². The van der Waals surface area contributed by atoms with Crippen molar-refractivity contribution in [2.24, 2.45) is 0 Å². The third kappa shape index (κ3) is 4.32. The van der Waals surface area contributed by atoms with Gasteiger partial charge in [-0.25, -0.2) is 0 Å². The van der Waals surface area contributed by atoms with E-state index in [0.717, 1.165) is 42.1 Å². The van der Waals surface area contributed by atoms with Gasteiger partial charge in [0.25, 0.3) is 0 Å². The number of benzene rings is 2. The summed E-state index contributed by atoms with van der Waals surface area (Å²) in [7, 11) is 0. The molecule has 0 radical (unpaired) electrons. The molecule has 1 fully saturated rings. The average Bonchev–Trinajstić information content (AvgIpc) is 3.38. The first-order valence-electron chi connectivity index (χ1n) is 9.66. The van der Waals surface area contributed by atoms with Gasteiger partial charge in [0.2, 0.25) is 0 Å². The number of H-pyrrole nitrogens is 1. The van der Waals surface area contributed by atoms with Gasteiger partial charge in [0.15, 0.2) is 5.11 Å². The Morgan fingerprint density at radius 3 is 2.79 bits per heavy atom. The fourth-order valence-corrected chi connectivity index (χ4v) is 4.23. The Morgan fingerprint density at radius 1 is 1.14 bits per heavy atom. The molecule has 3 aromatic rings. The van der Waals surface area contributed by atoms with Crippen LogP contribution in [0.4, 0.5) is 0 Å². The van der Waals surface area contributed by atoms with Crippen LogP contribution < -0.4 is 10.6 Å². The quantitative estimate of drug-likeness (QED) is 0.517. The summed E-state index contributed by atoms with van der Waals surface area (Å²) < 4.78 is 5.65. The number of rotatable bonds is 6. The highest BCUT2D eigenvalue weighted by atomic mass is 35.5. The zero-order chi connectivity index (χ0) is 19.3. The van der Waals surface area contributed by atoms with Crippen molar-refractivity contribution in [3.05, 3.63) is 70.9 Å². The predicted molar refractivity (Wildman–Crippen MR) is 119 cm³/mol. The maximum Gasteiger partial charge on any atom is 0.166 e. The van der Waals surface area contributed by atoms with Gasteiger partial charge in [-0.3, -0.25) is 0 Å². The van der Waals surface area contributed by atoms with Crippen LogP contribution in [0.5, 0.6) is 0 Å². The number of fused-ring (bicyclic) bond motifs is 1. The van der Waals surface area contributed by atoms with Crippen LogP contribution in [0, 0.1) is 0 Å². The maximum atomic E-state index is 6.55. The topological polar surface area (TPSA) is 49.1 Å². The summed E-state index contributed by atoms with van der Waals surface area (Å²) in [6.45, 7) is 2.25. The van der Waals surface area contributed by atoms with Crippen LogP contribution in [0.1, 0.15) is 29.9 Å². The molecule has 146 valence electrons. The molecule has 1 aliphatic heterocycles. The summed E-state index contributed by atoms with van der Waals surface area (Å²) >= 11 is 12.0. The number of aromatic amines is 1. The van der Waals surface area contributed by atoms with Gasteiger partial charge in [-0.1, -0.05) is 48.0 Å². The van der Waals surface area contributed by atoms with Crippen molar-refractivity contribution in [3.63, 3.8) is 0 Å². The fourth-order valence-electron chi connectivity index (χ4n) is 3.80. The first-order chi connectivity index (χ1) is 13.7. The van der Waals surface area contributed by atoms with Gasteiger partial charge in [-0.2, -0.15) is 0 Å². The second-order valence-electron chi connectivity index (χ2n) is 7.09. The normalized spacial score (nSPS) is 17.5. The SMILES string of the molecule is S=C(NC[C@H]1CCCO1)NC[C@@H](c1ccccc1Cl)c1c[nH]c2ccccc12. The second kappa shape index (κ2) is 8.95. The van der Waals surface area contributed by atoms with Crippen LogP contribution in [0.25, 0.3) is 10.9 Å². The van der Waals surface area contributed by atoms with Gasteiger partial charge in [0, 0.05) is 47.7 Å². The third-order valence-electron chi connectivity index (χ3n) is 5.26. The lowest BCUT2D eigenvalue weighted by Gasteiger charge is -2.21. The van der Waals surface area contributed by atoms with E-state index < -0.39 is 0 Å². The Hall–Kier alpha value is -2.08. The summed E-state index contributed by atoms with van der Waals surface area (Å²) in [6.07, 6.45) is 4.55. The standard InChI is InChI=1S/C22H24ClN3OS/c23-20-9-3-1-7-16(20)18(19-13-24-21-10-4-2-8-17(19)21)14-26-22(28)25-12-15-6-5-11-27-15/h1-4,7-10,13,15,18,24H,5-6,11-12,14H2,(H2,25,26,28)/t15-,18+/m1/s1. The van der Waals surface area contributed by atoms with Crippen LogP contribution in [-0.4, -0.2) is 35.9 Å². The van der Waals surface area contributed by atoms with E-state index in [4.69, 9.17) is 28.6 Å². The number of para-hydroxylation sites is 1. The van der Waals surface area contributed by atoms with Crippen molar-refractivity contribution >= 4 is 39.8 Å². The van der Waals surface area contributed by atoms with Crippen molar-refractivity contribution in [1.29, 1.82) is 0 Å². The van der Waals surface area contributed by atoms with E-state index in [-0.39, 0.29) is 12.0 Å². The van der Waals surface area contributed by atoms with E-state index in [1.807, 2.05) is 24.3 Å². The van der Waals surface area contributed by atoms with Gasteiger partial charge >= 0.3 is 0 Å². The highest BCUT2D eigenvalue weighted by molar-refractivity contribution is 7.80. The van der Waals surface area contributed by atoms with E-state index in [1.165, 1.54) is 10.9 Å². The minimum absolute atomic E-state index is 0.0762. The minimum atomic E-state index is 0.0762. The molecule has 2 aromatic carbocycles. The first kappa shape index (κ1) is 19.2. The van der Waals surface area contributed by atoms with Crippen LogP contribution in [0.3, 0.4) is 0 Å². The number of hydrogen-bond donors (Lipinski definition) is 3. The average molecular weight is 414 g/mol. The molecule has 4 rings (SSSR count). The monoisotopic (exact) mass is 413 g/mol. The zero-order valence-electron chi connectivity index (χ0n) is 15.6. The Labute approximate surface area is 175 Å². The number of aromatic nitrogens is 1. The van der Waals surface area contributed by atoms with Crippen LogP contribution in [0.2, 0.25) is 5.02 Å². The van der Waals surface area contributed by atoms with Crippen molar-refractivity contribution < 1.29 is 4.74 Å².